The summed E-state index contributed by atoms with van der Waals surface area (Å²) in [5.41, 5.74) is 1.96. The summed E-state index contributed by atoms with van der Waals surface area (Å²) in [7, 11) is 0. The second kappa shape index (κ2) is 7.72. The van der Waals surface area contributed by atoms with Crippen molar-refractivity contribution >= 4 is 50.9 Å². The van der Waals surface area contributed by atoms with Gasteiger partial charge in [0.15, 0.2) is 0 Å². The molecule has 2 nitrogen and oxygen atoms in total. The standard InChI is InChI=1S/C15H13BrClNOS/c16-13-3-1-2-4-14(13)18-15(19)10-20-9-11-5-7-12(17)8-6-11/h1-8H,9-10H2,(H,18,19). The zero-order valence-corrected chi connectivity index (χ0v) is 13.8. The van der Waals surface area contributed by atoms with Gasteiger partial charge in [-0.25, -0.2) is 0 Å². The summed E-state index contributed by atoms with van der Waals surface area (Å²) >= 11 is 10.8. The number of nitrogens with one attached hydrogen (secondary N) is 1. The minimum atomic E-state index is -0.00383. The maximum atomic E-state index is 11.8. The molecule has 0 saturated heterocycles. The number of amides is 1. The van der Waals surface area contributed by atoms with Gasteiger partial charge in [0.05, 0.1) is 11.4 Å². The highest BCUT2D eigenvalue weighted by molar-refractivity contribution is 9.10. The van der Waals surface area contributed by atoms with E-state index in [1.807, 2.05) is 48.5 Å². The van der Waals surface area contributed by atoms with Crippen LogP contribution in [0.2, 0.25) is 5.02 Å². The molecule has 0 aliphatic rings. The lowest BCUT2D eigenvalue weighted by Gasteiger charge is -2.07. The van der Waals surface area contributed by atoms with E-state index < -0.39 is 0 Å². The molecule has 0 spiro atoms. The Labute approximate surface area is 136 Å². The molecule has 0 bridgehead atoms. The first kappa shape index (κ1) is 15.4. The summed E-state index contributed by atoms with van der Waals surface area (Å²) in [6.45, 7) is 0. The average Bonchev–Trinajstić information content (AvgIpc) is 2.44. The minimum absolute atomic E-state index is 0.00383. The maximum absolute atomic E-state index is 11.8. The van der Waals surface area contributed by atoms with Gasteiger partial charge in [-0.15, -0.1) is 11.8 Å². The van der Waals surface area contributed by atoms with Crippen LogP contribution in [0.1, 0.15) is 5.56 Å². The molecular weight excluding hydrogens is 358 g/mol. The van der Waals surface area contributed by atoms with Crippen molar-refractivity contribution in [2.45, 2.75) is 5.75 Å². The van der Waals surface area contributed by atoms with Crippen LogP contribution in [-0.2, 0) is 10.5 Å². The smallest absolute Gasteiger partial charge is 0.234 e. The van der Waals surface area contributed by atoms with Gasteiger partial charge in [-0.05, 0) is 45.8 Å². The largest absolute Gasteiger partial charge is 0.324 e. The molecule has 0 atom stereocenters. The summed E-state index contributed by atoms with van der Waals surface area (Å²) in [5, 5.41) is 3.61. The maximum Gasteiger partial charge on any atom is 0.234 e. The lowest BCUT2D eigenvalue weighted by molar-refractivity contribution is -0.113. The lowest BCUT2D eigenvalue weighted by atomic mass is 10.2. The van der Waals surface area contributed by atoms with Gasteiger partial charge in [0.2, 0.25) is 5.91 Å². The Bertz CT molecular complexity index is 589. The van der Waals surface area contributed by atoms with Crippen LogP contribution in [0, 0.1) is 0 Å². The van der Waals surface area contributed by atoms with E-state index >= 15 is 0 Å². The van der Waals surface area contributed by atoms with Crippen molar-refractivity contribution in [3.63, 3.8) is 0 Å². The van der Waals surface area contributed by atoms with Crippen molar-refractivity contribution in [1.82, 2.24) is 0 Å². The molecular formula is C15H13BrClNOS. The molecule has 1 amide bonds. The second-order valence-electron chi connectivity index (χ2n) is 4.15. The average molecular weight is 371 g/mol. The zero-order valence-electron chi connectivity index (χ0n) is 10.6. The predicted octanol–water partition coefficient (Wildman–Crippen LogP) is 4.97. The number of hydrogen-bond acceptors (Lipinski definition) is 2. The van der Waals surface area contributed by atoms with E-state index in [0.29, 0.717) is 5.75 Å². The summed E-state index contributed by atoms with van der Waals surface area (Å²) in [6.07, 6.45) is 0. The molecule has 0 saturated carbocycles. The number of para-hydroxylation sites is 1. The van der Waals surface area contributed by atoms with Crippen LogP contribution in [0.5, 0.6) is 0 Å². The molecule has 0 aliphatic carbocycles. The Morgan fingerprint density at radius 1 is 1.15 bits per heavy atom. The highest BCUT2D eigenvalue weighted by atomic mass is 79.9. The number of rotatable bonds is 5. The molecule has 2 aromatic carbocycles. The fourth-order valence-electron chi connectivity index (χ4n) is 1.59. The van der Waals surface area contributed by atoms with Gasteiger partial charge in [-0.3, -0.25) is 4.79 Å². The Hall–Kier alpha value is -0.970. The molecule has 0 aliphatic heterocycles. The normalized spacial score (nSPS) is 10.3. The third-order valence-corrected chi connectivity index (χ3v) is 4.51. The number of carbonyl (C=O) groups excluding carboxylic acids is 1. The van der Waals surface area contributed by atoms with Crippen LogP contribution in [0.4, 0.5) is 5.69 Å². The quantitative estimate of drug-likeness (QED) is 0.804. The molecule has 2 aromatic rings. The Balaban J connectivity index is 1.78. The van der Waals surface area contributed by atoms with Gasteiger partial charge < -0.3 is 5.32 Å². The van der Waals surface area contributed by atoms with Crippen LogP contribution in [0.15, 0.2) is 53.0 Å². The highest BCUT2D eigenvalue weighted by Crippen LogP contribution is 2.22. The van der Waals surface area contributed by atoms with Crippen LogP contribution < -0.4 is 5.32 Å². The third-order valence-electron chi connectivity index (χ3n) is 2.56. The van der Waals surface area contributed by atoms with E-state index in [2.05, 4.69) is 21.2 Å². The Morgan fingerprint density at radius 2 is 1.85 bits per heavy atom. The van der Waals surface area contributed by atoms with E-state index in [0.717, 1.165) is 26.5 Å². The lowest BCUT2D eigenvalue weighted by Crippen LogP contribution is -2.14. The molecule has 20 heavy (non-hydrogen) atoms. The highest BCUT2D eigenvalue weighted by Gasteiger charge is 2.05. The van der Waals surface area contributed by atoms with Gasteiger partial charge in [-0.2, -0.15) is 0 Å². The summed E-state index contributed by atoms with van der Waals surface area (Å²) in [5.74, 6) is 1.21. The number of benzene rings is 2. The third kappa shape index (κ3) is 4.85. The summed E-state index contributed by atoms with van der Waals surface area (Å²) < 4.78 is 0.885. The number of halogens is 2. The van der Waals surface area contributed by atoms with Gasteiger partial charge >= 0.3 is 0 Å². The van der Waals surface area contributed by atoms with E-state index in [1.54, 1.807) is 11.8 Å². The molecule has 0 fully saturated rings. The summed E-state index contributed by atoms with van der Waals surface area (Å²) in [6, 6.07) is 15.2. The van der Waals surface area contributed by atoms with Crippen LogP contribution in [0.25, 0.3) is 0 Å². The van der Waals surface area contributed by atoms with Crippen LogP contribution in [-0.4, -0.2) is 11.7 Å². The van der Waals surface area contributed by atoms with E-state index in [1.165, 1.54) is 0 Å². The van der Waals surface area contributed by atoms with Crippen molar-refractivity contribution in [3.05, 3.63) is 63.6 Å². The topological polar surface area (TPSA) is 29.1 Å². The second-order valence-corrected chi connectivity index (χ2v) is 6.42. The zero-order chi connectivity index (χ0) is 14.4. The summed E-state index contributed by atoms with van der Waals surface area (Å²) in [4.78, 5) is 11.8. The molecule has 0 radical (unpaired) electrons. The van der Waals surface area contributed by atoms with Gasteiger partial charge in [0, 0.05) is 15.2 Å². The molecule has 0 unspecified atom stereocenters. The predicted molar refractivity (Wildman–Crippen MR) is 90.4 cm³/mol. The van der Waals surface area contributed by atoms with Gasteiger partial charge in [0.25, 0.3) is 0 Å². The fraction of sp³-hybridized carbons (Fsp3) is 0.133. The molecule has 2 rings (SSSR count). The van der Waals surface area contributed by atoms with Crippen LogP contribution >= 0.6 is 39.3 Å². The van der Waals surface area contributed by atoms with Crippen molar-refractivity contribution in [1.29, 1.82) is 0 Å². The van der Waals surface area contributed by atoms with Crippen molar-refractivity contribution in [2.75, 3.05) is 11.1 Å². The number of anilines is 1. The Morgan fingerprint density at radius 3 is 2.55 bits per heavy atom. The first-order valence-corrected chi connectivity index (χ1v) is 8.34. The Kier molecular flexibility index (Phi) is 5.95. The van der Waals surface area contributed by atoms with E-state index in [-0.39, 0.29) is 5.91 Å². The molecule has 0 aromatic heterocycles. The van der Waals surface area contributed by atoms with Crippen molar-refractivity contribution < 1.29 is 4.79 Å². The number of thioether (sulfide) groups is 1. The van der Waals surface area contributed by atoms with E-state index in [4.69, 9.17) is 11.6 Å². The molecule has 5 heteroatoms. The van der Waals surface area contributed by atoms with Crippen LogP contribution in [0.3, 0.4) is 0 Å². The van der Waals surface area contributed by atoms with Crippen molar-refractivity contribution in [2.24, 2.45) is 0 Å². The first-order valence-electron chi connectivity index (χ1n) is 6.02. The molecule has 104 valence electrons. The first-order chi connectivity index (χ1) is 9.65. The molecule has 0 heterocycles. The number of carbonyl (C=O) groups is 1. The minimum Gasteiger partial charge on any atom is -0.324 e. The number of hydrogen-bond donors (Lipinski definition) is 1. The van der Waals surface area contributed by atoms with Crippen molar-refractivity contribution in [3.8, 4) is 0 Å². The fourth-order valence-corrected chi connectivity index (χ4v) is 2.89. The SMILES string of the molecule is O=C(CSCc1ccc(Cl)cc1)Nc1ccccc1Br. The van der Waals surface area contributed by atoms with Gasteiger partial charge in [-0.1, -0.05) is 35.9 Å². The monoisotopic (exact) mass is 369 g/mol. The van der Waals surface area contributed by atoms with Gasteiger partial charge in [0.1, 0.15) is 0 Å². The van der Waals surface area contributed by atoms with E-state index in [9.17, 15) is 4.79 Å². The molecule has 1 N–H and O–H groups in total.